The minimum Gasteiger partial charge on any atom is -0.398 e. The molecule has 0 saturated heterocycles. The molecule has 2 aromatic heterocycles. The van der Waals surface area contributed by atoms with Gasteiger partial charge in [-0.05, 0) is 26.8 Å². The fourth-order valence-electron chi connectivity index (χ4n) is 1.46. The number of carbonyl (C=O) groups excluding carboxylic acids is 1. The Labute approximate surface area is 109 Å². The summed E-state index contributed by atoms with van der Waals surface area (Å²) in [6, 6.07) is 1.67. The Balaban J connectivity index is 2.22. The van der Waals surface area contributed by atoms with Crippen LogP contribution in [0.4, 0.5) is 10.8 Å². The largest absolute Gasteiger partial charge is 0.398 e. The molecule has 2 heterocycles. The number of nitrogen functional groups attached to an aromatic ring is 1. The molecule has 18 heavy (non-hydrogen) atoms. The summed E-state index contributed by atoms with van der Waals surface area (Å²) in [5.74, 6) is -0.284. The lowest BCUT2D eigenvalue weighted by atomic mass is 10.2. The standard InChI is InChI=1S/C12H14N4OS/c1-6-4-10(13)9(5-14-6)11(17)16-12-15-7(2)8(3)18-12/h4-5H,1-3H3,(H2,13,14)(H,15,16,17). The van der Waals surface area contributed by atoms with Crippen molar-refractivity contribution in [3.05, 3.63) is 34.1 Å². The minimum atomic E-state index is -0.284. The molecular formula is C12H14N4OS. The van der Waals surface area contributed by atoms with Crippen molar-refractivity contribution in [3.63, 3.8) is 0 Å². The number of aromatic nitrogens is 2. The lowest BCUT2D eigenvalue weighted by Gasteiger charge is -2.05. The number of amides is 1. The van der Waals surface area contributed by atoms with Crippen molar-refractivity contribution in [2.24, 2.45) is 0 Å². The first-order valence-electron chi connectivity index (χ1n) is 5.45. The van der Waals surface area contributed by atoms with Crippen molar-refractivity contribution >= 4 is 28.1 Å². The van der Waals surface area contributed by atoms with E-state index in [1.807, 2.05) is 20.8 Å². The number of nitrogens with one attached hydrogen (secondary N) is 1. The third kappa shape index (κ3) is 2.48. The van der Waals surface area contributed by atoms with Crippen LogP contribution in [-0.2, 0) is 0 Å². The molecule has 0 aliphatic rings. The maximum Gasteiger partial charge on any atom is 0.261 e. The van der Waals surface area contributed by atoms with Crippen LogP contribution >= 0.6 is 11.3 Å². The van der Waals surface area contributed by atoms with Crippen molar-refractivity contribution in [2.75, 3.05) is 11.1 Å². The average molecular weight is 262 g/mol. The lowest BCUT2D eigenvalue weighted by molar-refractivity contribution is 0.102. The smallest absolute Gasteiger partial charge is 0.261 e. The van der Waals surface area contributed by atoms with Gasteiger partial charge >= 0.3 is 0 Å². The molecule has 0 radical (unpaired) electrons. The number of nitrogens with two attached hydrogens (primary N) is 1. The number of thiazole rings is 1. The number of carbonyl (C=O) groups is 1. The van der Waals surface area contributed by atoms with Gasteiger partial charge in [0.1, 0.15) is 0 Å². The van der Waals surface area contributed by atoms with Gasteiger partial charge in [0.15, 0.2) is 5.13 Å². The second kappa shape index (κ2) is 4.73. The molecule has 1 amide bonds. The van der Waals surface area contributed by atoms with Crippen LogP contribution in [0, 0.1) is 20.8 Å². The van der Waals surface area contributed by atoms with Crippen molar-refractivity contribution in [1.29, 1.82) is 0 Å². The topological polar surface area (TPSA) is 80.9 Å². The van der Waals surface area contributed by atoms with Crippen LogP contribution in [0.3, 0.4) is 0 Å². The summed E-state index contributed by atoms with van der Waals surface area (Å²) >= 11 is 1.44. The van der Waals surface area contributed by atoms with Gasteiger partial charge in [0.2, 0.25) is 0 Å². The highest BCUT2D eigenvalue weighted by molar-refractivity contribution is 7.15. The summed E-state index contributed by atoms with van der Waals surface area (Å²) < 4.78 is 0. The molecular weight excluding hydrogens is 248 g/mol. The summed E-state index contributed by atoms with van der Waals surface area (Å²) in [5, 5.41) is 3.31. The lowest BCUT2D eigenvalue weighted by Crippen LogP contribution is -2.14. The van der Waals surface area contributed by atoms with Crippen LogP contribution in [0.25, 0.3) is 0 Å². The number of nitrogens with zero attached hydrogens (tertiary/aromatic N) is 2. The van der Waals surface area contributed by atoms with E-state index >= 15 is 0 Å². The minimum absolute atomic E-state index is 0.284. The molecule has 2 rings (SSSR count). The van der Waals surface area contributed by atoms with E-state index in [0.717, 1.165) is 16.3 Å². The highest BCUT2D eigenvalue weighted by Crippen LogP contribution is 2.22. The fraction of sp³-hybridized carbons (Fsp3) is 0.250. The van der Waals surface area contributed by atoms with Gasteiger partial charge in [-0.1, -0.05) is 0 Å². The molecule has 3 N–H and O–H groups in total. The maximum atomic E-state index is 12.0. The second-order valence-corrected chi connectivity index (χ2v) is 5.23. The molecule has 0 bridgehead atoms. The molecule has 6 heteroatoms. The van der Waals surface area contributed by atoms with E-state index < -0.39 is 0 Å². The molecule has 0 aliphatic heterocycles. The van der Waals surface area contributed by atoms with Crippen LogP contribution in [0.15, 0.2) is 12.3 Å². The number of anilines is 2. The summed E-state index contributed by atoms with van der Waals surface area (Å²) in [6.07, 6.45) is 1.48. The summed E-state index contributed by atoms with van der Waals surface area (Å²) in [4.78, 5) is 21.4. The highest BCUT2D eigenvalue weighted by atomic mass is 32.1. The Bertz CT molecular complexity index is 587. The summed E-state index contributed by atoms with van der Waals surface area (Å²) in [7, 11) is 0. The molecule has 2 aromatic rings. The molecule has 0 aromatic carbocycles. The first kappa shape index (κ1) is 12.5. The van der Waals surface area contributed by atoms with E-state index in [0.29, 0.717) is 16.4 Å². The molecule has 0 spiro atoms. The van der Waals surface area contributed by atoms with Crippen molar-refractivity contribution < 1.29 is 4.79 Å². The van der Waals surface area contributed by atoms with Crippen LogP contribution in [0.5, 0.6) is 0 Å². The van der Waals surface area contributed by atoms with E-state index in [2.05, 4.69) is 15.3 Å². The van der Waals surface area contributed by atoms with Crippen LogP contribution < -0.4 is 11.1 Å². The van der Waals surface area contributed by atoms with E-state index in [-0.39, 0.29) is 5.91 Å². The predicted molar refractivity (Wildman–Crippen MR) is 72.9 cm³/mol. The Morgan fingerprint density at radius 1 is 1.39 bits per heavy atom. The van der Waals surface area contributed by atoms with Gasteiger partial charge in [-0.25, -0.2) is 4.98 Å². The van der Waals surface area contributed by atoms with Gasteiger partial charge in [0.05, 0.1) is 11.3 Å². The van der Waals surface area contributed by atoms with Crippen LogP contribution in [0.2, 0.25) is 0 Å². The summed E-state index contributed by atoms with van der Waals surface area (Å²) in [6.45, 7) is 5.69. The quantitative estimate of drug-likeness (QED) is 0.870. The van der Waals surface area contributed by atoms with Gasteiger partial charge < -0.3 is 5.73 Å². The molecule has 94 valence electrons. The zero-order chi connectivity index (χ0) is 13.3. The van der Waals surface area contributed by atoms with Gasteiger partial charge in [0, 0.05) is 22.5 Å². The normalized spacial score (nSPS) is 10.4. The molecule has 0 fully saturated rings. The van der Waals surface area contributed by atoms with Crippen LogP contribution in [-0.4, -0.2) is 15.9 Å². The Morgan fingerprint density at radius 3 is 2.67 bits per heavy atom. The van der Waals surface area contributed by atoms with Gasteiger partial charge in [-0.15, -0.1) is 11.3 Å². The second-order valence-electron chi connectivity index (χ2n) is 4.03. The van der Waals surface area contributed by atoms with Gasteiger partial charge in [-0.3, -0.25) is 15.1 Å². The number of pyridine rings is 1. The first-order valence-corrected chi connectivity index (χ1v) is 6.26. The third-order valence-electron chi connectivity index (χ3n) is 2.57. The van der Waals surface area contributed by atoms with Gasteiger partial charge in [-0.2, -0.15) is 0 Å². The van der Waals surface area contributed by atoms with Gasteiger partial charge in [0.25, 0.3) is 5.91 Å². The third-order valence-corrected chi connectivity index (χ3v) is 3.55. The summed E-state index contributed by atoms with van der Waals surface area (Å²) in [5.41, 5.74) is 8.29. The van der Waals surface area contributed by atoms with Crippen molar-refractivity contribution in [1.82, 2.24) is 9.97 Å². The Kier molecular flexibility index (Phi) is 3.29. The Morgan fingerprint density at radius 2 is 2.11 bits per heavy atom. The molecule has 0 atom stereocenters. The van der Waals surface area contributed by atoms with Crippen LogP contribution in [0.1, 0.15) is 26.6 Å². The van der Waals surface area contributed by atoms with E-state index in [1.165, 1.54) is 17.5 Å². The van der Waals surface area contributed by atoms with E-state index in [9.17, 15) is 4.79 Å². The van der Waals surface area contributed by atoms with Crippen molar-refractivity contribution in [2.45, 2.75) is 20.8 Å². The molecule has 0 aliphatic carbocycles. The maximum absolute atomic E-state index is 12.0. The zero-order valence-corrected chi connectivity index (χ0v) is 11.3. The SMILES string of the molecule is Cc1cc(N)c(C(=O)Nc2nc(C)c(C)s2)cn1. The Hall–Kier alpha value is -1.95. The van der Waals surface area contributed by atoms with E-state index in [4.69, 9.17) is 5.73 Å². The fourth-order valence-corrected chi connectivity index (χ4v) is 2.27. The molecule has 0 saturated carbocycles. The van der Waals surface area contributed by atoms with Crippen molar-refractivity contribution in [3.8, 4) is 0 Å². The number of hydrogen-bond donors (Lipinski definition) is 2. The monoisotopic (exact) mass is 262 g/mol. The number of rotatable bonds is 2. The highest BCUT2D eigenvalue weighted by Gasteiger charge is 2.13. The molecule has 0 unspecified atom stereocenters. The number of aryl methyl sites for hydroxylation is 3. The average Bonchev–Trinajstić information content (AvgIpc) is 2.57. The predicted octanol–water partition coefficient (Wildman–Crippen LogP) is 2.30. The zero-order valence-electron chi connectivity index (χ0n) is 10.4. The first-order chi connectivity index (χ1) is 8.47. The van der Waals surface area contributed by atoms with E-state index in [1.54, 1.807) is 6.07 Å². The molecule has 5 nitrogen and oxygen atoms in total. The number of hydrogen-bond acceptors (Lipinski definition) is 5.